The molecule has 1 unspecified atom stereocenters. The Kier molecular flexibility index (Phi) is 10.3. The van der Waals surface area contributed by atoms with E-state index in [0.717, 1.165) is 24.9 Å². The minimum absolute atomic E-state index is 0. The molecule has 2 aromatic rings. The average molecular weight is 359 g/mol. The summed E-state index contributed by atoms with van der Waals surface area (Å²) < 4.78 is 1.78. The molecule has 1 aromatic heterocycles. The van der Waals surface area contributed by atoms with Crippen molar-refractivity contribution in [3.8, 4) is 5.69 Å². The van der Waals surface area contributed by atoms with Crippen LogP contribution in [0.15, 0.2) is 42.9 Å². The third kappa shape index (κ3) is 5.86. The van der Waals surface area contributed by atoms with Gasteiger partial charge in [0, 0.05) is 18.3 Å². The molecule has 0 aliphatic rings. The summed E-state index contributed by atoms with van der Waals surface area (Å²) in [6, 6.07) is 9.69. The van der Waals surface area contributed by atoms with Gasteiger partial charge in [-0.3, -0.25) is 9.36 Å². The number of hydrogen-bond acceptors (Lipinski definition) is 3. The summed E-state index contributed by atoms with van der Waals surface area (Å²) in [5.74, 6) is -0.136. The van der Waals surface area contributed by atoms with Crippen molar-refractivity contribution >= 4 is 30.7 Å². The summed E-state index contributed by atoms with van der Waals surface area (Å²) in [6.07, 6.45) is 6.27. The fourth-order valence-corrected chi connectivity index (χ4v) is 2.22. The van der Waals surface area contributed by atoms with Crippen molar-refractivity contribution in [2.45, 2.75) is 32.2 Å². The molecular weight excluding hydrogens is 335 g/mol. The first-order valence-corrected chi connectivity index (χ1v) is 7.35. The van der Waals surface area contributed by atoms with Gasteiger partial charge in [-0.2, -0.15) is 0 Å². The third-order valence-electron chi connectivity index (χ3n) is 3.43. The standard InChI is InChI=1S/C16H22N4O.2ClH/c1-2-3-7-13(10-17)19-16(21)15-11-18-12-20(15)14-8-5-4-6-9-14;;/h4-6,8-9,11-13H,2-3,7,10,17H2,1H3,(H,19,21);2*1H. The lowest BCUT2D eigenvalue weighted by Gasteiger charge is -2.17. The van der Waals surface area contributed by atoms with Crippen molar-refractivity contribution in [1.29, 1.82) is 0 Å². The van der Waals surface area contributed by atoms with Crippen molar-refractivity contribution in [3.63, 3.8) is 0 Å². The normalized spacial score (nSPS) is 11.0. The molecule has 1 amide bonds. The summed E-state index contributed by atoms with van der Waals surface area (Å²) in [7, 11) is 0. The number of amides is 1. The maximum Gasteiger partial charge on any atom is 0.270 e. The Hall–Kier alpha value is -1.56. The molecule has 23 heavy (non-hydrogen) atoms. The predicted octanol–water partition coefficient (Wildman–Crippen LogP) is 2.96. The van der Waals surface area contributed by atoms with E-state index in [1.165, 1.54) is 0 Å². The highest BCUT2D eigenvalue weighted by atomic mass is 35.5. The van der Waals surface area contributed by atoms with E-state index in [1.54, 1.807) is 17.1 Å². The molecule has 1 aromatic carbocycles. The molecule has 3 N–H and O–H groups in total. The molecule has 0 fully saturated rings. The number of nitrogens with two attached hydrogens (primary N) is 1. The Morgan fingerprint density at radius 3 is 2.61 bits per heavy atom. The summed E-state index contributed by atoms with van der Waals surface area (Å²) in [4.78, 5) is 16.5. The molecule has 1 atom stereocenters. The van der Waals surface area contributed by atoms with Crippen LogP contribution in [0.5, 0.6) is 0 Å². The lowest BCUT2D eigenvalue weighted by Crippen LogP contribution is -2.40. The molecule has 7 heteroatoms. The number of benzene rings is 1. The third-order valence-corrected chi connectivity index (χ3v) is 3.43. The first kappa shape index (κ1) is 21.4. The van der Waals surface area contributed by atoms with Gasteiger partial charge in [0.1, 0.15) is 5.69 Å². The van der Waals surface area contributed by atoms with Crippen molar-refractivity contribution in [2.75, 3.05) is 6.54 Å². The SMILES string of the molecule is CCCCC(CN)NC(=O)c1cncn1-c1ccccc1.Cl.Cl. The summed E-state index contributed by atoms with van der Waals surface area (Å²) >= 11 is 0. The predicted molar refractivity (Wildman–Crippen MR) is 97.9 cm³/mol. The van der Waals surface area contributed by atoms with Crippen molar-refractivity contribution in [1.82, 2.24) is 14.9 Å². The second kappa shape index (κ2) is 11.0. The molecule has 1 heterocycles. The van der Waals surface area contributed by atoms with Crippen LogP contribution in [0, 0.1) is 0 Å². The van der Waals surface area contributed by atoms with Gasteiger partial charge in [0.15, 0.2) is 0 Å². The Labute approximate surface area is 149 Å². The zero-order valence-corrected chi connectivity index (χ0v) is 14.8. The molecule has 0 radical (unpaired) electrons. The summed E-state index contributed by atoms with van der Waals surface area (Å²) in [5.41, 5.74) is 7.17. The lowest BCUT2D eigenvalue weighted by atomic mass is 10.1. The van der Waals surface area contributed by atoms with Crippen LogP contribution in [0.1, 0.15) is 36.7 Å². The van der Waals surface area contributed by atoms with E-state index in [0.29, 0.717) is 12.2 Å². The van der Waals surface area contributed by atoms with Gasteiger partial charge in [-0.1, -0.05) is 38.0 Å². The minimum atomic E-state index is -0.136. The van der Waals surface area contributed by atoms with Crippen molar-refractivity contribution in [2.24, 2.45) is 5.73 Å². The monoisotopic (exact) mass is 358 g/mol. The van der Waals surface area contributed by atoms with Gasteiger partial charge in [-0.05, 0) is 18.6 Å². The minimum Gasteiger partial charge on any atom is -0.347 e. The molecule has 0 spiro atoms. The van der Waals surface area contributed by atoms with Crippen molar-refractivity contribution in [3.05, 3.63) is 48.5 Å². The Morgan fingerprint density at radius 1 is 1.30 bits per heavy atom. The van der Waals surface area contributed by atoms with Crippen LogP contribution in [-0.2, 0) is 0 Å². The van der Waals surface area contributed by atoms with Crippen LogP contribution in [0.25, 0.3) is 5.69 Å². The topological polar surface area (TPSA) is 72.9 Å². The number of unbranched alkanes of at least 4 members (excludes halogenated alkanes) is 1. The van der Waals surface area contributed by atoms with Gasteiger partial charge in [0.05, 0.1) is 12.5 Å². The second-order valence-corrected chi connectivity index (χ2v) is 5.03. The largest absolute Gasteiger partial charge is 0.347 e. The Morgan fingerprint density at radius 2 is 2.00 bits per heavy atom. The molecule has 0 bridgehead atoms. The number of nitrogens with one attached hydrogen (secondary N) is 1. The zero-order valence-electron chi connectivity index (χ0n) is 13.1. The van der Waals surface area contributed by atoms with E-state index in [9.17, 15) is 4.79 Å². The van der Waals surface area contributed by atoms with E-state index in [4.69, 9.17) is 5.73 Å². The number of carbonyl (C=O) groups excluding carboxylic acids is 1. The molecule has 0 aliphatic heterocycles. The highest BCUT2D eigenvalue weighted by Gasteiger charge is 2.16. The molecule has 2 rings (SSSR count). The van der Waals surface area contributed by atoms with E-state index < -0.39 is 0 Å². The number of aromatic nitrogens is 2. The van der Waals surface area contributed by atoms with Crippen LogP contribution in [0.4, 0.5) is 0 Å². The van der Waals surface area contributed by atoms with Crippen LogP contribution >= 0.6 is 24.8 Å². The van der Waals surface area contributed by atoms with Crippen LogP contribution in [0.2, 0.25) is 0 Å². The first-order chi connectivity index (χ1) is 10.3. The number of halogens is 2. The zero-order chi connectivity index (χ0) is 15.1. The van der Waals surface area contributed by atoms with Gasteiger partial charge in [-0.25, -0.2) is 4.98 Å². The number of para-hydroxylation sites is 1. The molecule has 0 aliphatic carbocycles. The van der Waals surface area contributed by atoms with Gasteiger partial charge < -0.3 is 11.1 Å². The highest BCUT2D eigenvalue weighted by molar-refractivity contribution is 5.93. The van der Waals surface area contributed by atoms with E-state index in [1.807, 2.05) is 30.3 Å². The number of carbonyl (C=O) groups is 1. The van der Waals surface area contributed by atoms with Crippen molar-refractivity contribution < 1.29 is 4.79 Å². The fourth-order valence-electron chi connectivity index (χ4n) is 2.22. The molecule has 128 valence electrons. The van der Waals surface area contributed by atoms with Gasteiger partial charge in [-0.15, -0.1) is 24.8 Å². The van der Waals surface area contributed by atoms with Crippen LogP contribution in [0.3, 0.4) is 0 Å². The Balaban J connectivity index is 0.00000242. The smallest absolute Gasteiger partial charge is 0.270 e. The first-order valence-electron chi connectivity index (χ1n) is 7.35. The highest BCUT2D eigenvalue weighted by Crippen LogP contribution is 2.11. The summed E-state index contributed by atoms with van der Waals surface area (Å²) in [6.45, 7) is 2.57. The van der Waals surface area contributed by atoms with Gasteiger partial charge in [0.25, 0.3) is 5.91 Å². The van der Waals surface area contributed by atoms with E-state index >= 15 is 0 Å². The molecule has 5 nitrogen and oxygen atoms in total. The number of imidazole rings is 1. The quantitative estimate of drug-likeness (QED) is 0.798. The second-order valence-electron chi connectivity index (χ2n) is 5.03. The van der Waals surface area contributed by atoms with E-state index in [-0.39, 0.29) is 36.8 Å². The lowest BCUT2D eigenvalue weighted by molar-refractivity contribution is 0.0929. The van der Waals surface area contributed by atoms with Gasteiger partial charge >= 0.3 is 0 Å². The number of nitrogens with zero attached hydrogens (tertiary/aromatic N) is 2. The molecule has 0 saturated heterocycles. The molecular formula is C16H24Cl2N4O. The van der Waals surface area contributed by atoms with E-state index in [2.05, 4.69) is 17.2 Å². The number of hydrogen-bond donors (Lipinski definition) is 2. The molecule has 0 saturated carbocycles. The summed E-state index contributed by atoms with van der Waals surface area (Å²) in [5, 5.41) is 2.99. The maximum absolute atomic E-state index is 12.4. The van der Waals surface area contributed by atoms with Crippen LogP contribution in [-0.4, -0.2) is 28.0 Å². The fraction of sp³-hybridized carbons (Fsp3) is 0.375. The van der Waals surface area contributed by atoms with Crippen LogP contribution < -0.4 is 11.1 Å². The average Bonchev–Trinajstić information content (AvgIpc) is 3.01. The number of rotatable bonds is 7. The maximum atomic E-state index is 12.4. The van der Waals surface area contributed by atoms with Gasteiger partial charge in [0.2, 0.25) is 0 Å². The Bertz CT molecular complexity index is 574.